The third-order valence-electron chi connectivity index (χ3n) is 9.12. The first-order valence-corrected chi connectivity index (χ1v) is 18.2. The van der Waals surface area contributed by atoms with Gasteiger partial charge >= 0.3 is 0 Å². The van der Waals surface area contributed by atoms with E-state index < -0.39 is 22.1 Å². The van der Waals surface area contributed by atoms with E-state index in [2.05, 4.69) is 21.6 Å². The average molecular weight is 666 g/mol. The Morgan fingerprint density at radius 1 is 0.978 bits per heavy atom. The maximum Gasteiger partial charge on any atom is 0.245 e. The van der Waals surface area contributed by atoms with Crippen molar-refractivity contribution >= 4 is 39.1 Å². The fraction of sp³-hybridized carbons (Fsp3) is 0.429. The smallest absolute Gasteiger partial charge is 0.245 e. The lowest BCUT2D eigenvalue weighted by molar-refractivity contribution is -0.137. The highest BCUT2D eigenvalue weighted by Crippen LogP contribution is 2.26. The number of anilines is 1. The summed E-state index contributed by atoms with van der Waals surface area (Å²) in [7, 11) is -3.40. The molecule has 46 heavy (non-hydrogen) atoms. The summed E-state index contributed by atoms with van der Waals surface area (Å²) in [6, 6.07) is 22.1. The van der Waals surface area contributed by atoms with Gasteiger partial charge in [-0.05, 0) is 60.2 Å². The summed E-state index contributed by atoms with van der Waals surface area (Å²) in [4.78, 5) is 31.6. The molecule has 2 aliphatic rings. The van der Waals surface area contributed by atoms with Gasteiger partial charge in [0.05, 0.1) is 12.3 Å². The second-order valence-electron chi connectivity index (χ2n) is 12.3. The summed E-state index contributed by atoms with van der Waals surface area (Å²) in [6.07, 6.45) is 2.89. The van der Waals surface area contributed by atoms with Crippen molar-refractivity contribution in [1.82, 2.24) is 19.8 Å². The molecule has 11 heteroatoms. The average Bonchev–Trinajstić information content (AvgIpc) is 3.06. The number of piperazine rings is 1. The molecule has 2 amide bonds. The predicted octanol–water partition coefficient (Wildman–Crippen LogP) is 3.99. The van der Waals surface area contributed by atoms with Gasteiger partial charge in [-0.25, -0.2) is 8.42 Å². The molecule has 2 N–H and O–H groups in total. The number of fused-ring (bicyclic) bond motifs is 1. The van der Waals surface area contributed by atoms with Crippen LogP contribution in [-0.2, 0) is 45.5 Å². The highest BCUT2D eigenvalue weighted by molar-refractivity contribution is 7.88. The Kier molecular flexibility index (Phi) is 11.0. The number of benzene rings is 3. The molecule has 1 fully saturated rings. The van der Waals surface area contributed by atoms with Crippen LogP contribution in [0, 0.1) is 0 Å². The topological polar surface area (TPSA) is 102 Å². The highest BCUT2D eigenvalue weighted by Gasteiger charge is 2.33. The summed E-state index contributed by atoms with van der Waals surface area (Å²) < 4.78 is 26.8. The highest BCUT2D eigenvalue weighted by atomic mass is 35.5. The van der Waals surface area contributed by atoms with E-state index in [1.807, 2.05) is 73.3 Å². The summed E-state index contributed by atoms with van der Waals surface area (Å²) in [6.45, 7) is 6.95. The molecule has 1 saturated heterocycles. The minimum atomic E-state index is -3.40. The number of halogens is 1. The second kappa shape index (κ2) is 15.0. The van der Waals surface area contributed by atoms with Crippen LogP contribution < -0.4 is 15.5 Å². The largest absolute Gasteiger partial charge is 0.368 e. The summed E-state index contributed by atoms with van der Waals surface area (Å²) in [5, 5.41) is 7.02. The Hall–Kier alpha value is -3.44. The van der Waals surface area contributed by atoms with Gasteiger partial charge in [-0.15, -0.1) is 0 Å². The van der Waals surface area contributed by atoms with Crippen LogP contribution in [0.15, 0.2) is 72.8 Å². The number of hydrogen-bond acceptors (Lipinski definition) is 6. The normalized spacial score (nSPS) is 18.2. The second-order valence-corrected chi connectivity index (χ2v) is 14.7. The molecule has 0 spiro atoms. The van der Waals surface area contributed by atoms with Crippen LogP contribution in [0.1, 0.15) is 42.5 Å². The number of nitrogens with one attached hydrogen (secondary N) is 2. The quantitative estimate of drug-likeness (QED) is 0.321. The van der Waals surface area contributed by atoms with Crippen molar-refractivity contribution in [3.8, 4) is 0 Å². The van der Waals surface area contributed by atoms with Gasteiger partial charge in [0.25, 0.3) is 0 Å². The van der Waals surface area contributed by atoms with E-state index in [4.69, 9.17) is 11.6 Å². The number of amides is 2. The number of carbonyl (C=O) groups excluding carboxylic acids is 2. The van der Waals surface area contributed by atoms with Crippen molar-refractivity contribution in [2.75, 3.05) is 37.3 Å². The molecule has 1 unspecified atom stereocenters. The molecule has 0 radical (unpaired) electrons. The zero-order valence-electron chi connectivity index (χ0n) is 26.8. The zero-order valence-corrected chi connectivity index (χ0v) is 28.4. The molecule has 0 bridgehead atoms. The van der Waals surface area contributed by atoms with Gasteiger partial charge in [-0.2, -0.15) is 4.31 Å². The predicted molar refractivity (Wildman–Crippen MR) is 183 cm³/mol. The Bertz CT molecular complexity index is 1630. The van der Waals surface area contributed by atoms with E-state index in [0.717, 1.165) is 22.4 Å². The fourth-order valence-corrected chi connectivity index (χ4v) is 7.58. The maximum absolute atomic E-state index is 14.0. The van der Waals surface area contributed by atoms with Gasteiger partial charge in [-0.1, -0.05) is 73.1 Å². The standard InChI is InChI=1S/C35H44ClN5O4S/c1-4-25(2)41(46(3,44)45)24-29-11-7-8-12-33(29)39-17-19-40(20-18-39)35(43)32(21-26-13-15-30(36)16-14-26)38-34(42)31-22-27-9-5-6-10-28(27)23-37-31/h5-16,25,31-32,37H,4,17-24H2,1-3H3,(H,38,42)/t25?,31-,32-/m1/s1. The number of sulfonamides is 1. The molecule has 9 nitrogen and oxygen atoms in total. The minimum absolute atomic E-state index is 0.118. The molecule has 2 aliphatic heterocycles. The summed E-state index contributed by atoms with van der Waals surface area (Å²) >= 11 is 6.12. The van der Waals surface area contributed by atoms with Crippen molar-refractivity contribution in [3.05, 3.63) is 100 Å². The van der Waals surface area contributed by atoms with E-state index in [0.29, 0.717) is 57.0 Å². The molecule has 5 rings (SSSR count). The van der Waals surface area contributed by atoms with Gasteiger partial charge in [0.2, 0.25) is 21.8 Å². The van der Waals surface area contributed by atoms with Crippen LogP contribution in [0.2, 0.25) is 5.02 Å². The first-order chi connectivity index (χ1) is 22.0. The number of nitrogens with zero attached hydrogens (tertiary/aromatic N) is 3. The molecule has 0 aliphatic carbocycles. The van der Waals surface area contributed by atoms with Crippen LogP contribution in [-0.4, -0.2) is 80.0 Å². The maximum atomic E-state index is 14.0. The fourth-order valence-electron chi connectivity index (χ4n) is 6.28. The molecule has 0 saturated carbocycles. The summed E-state index contributed by atoms with van der Waals surface area (Å²) in [5.74, 6) is -0.307. The van der Waals surface area contributed by atoms with Gasteiger partial charge in [0.1, 0.15) is 6.04 Å². The van der Waals surface area contributed by atoms with E-state index in [9.17, 15) is 18.0 Å². The lowest BCUT2D eigenvalue weighted by atomic mass is 9.95. The Morgan fingerprint density at radius 3 is 2.30 bits per heavy atom. The van der Waals surface area contributed by atoms with Crippen molar-refractivity contribution in [2.24, 2.45) is 0 Å². The number of para-hydroxylation sites is 1. The van der Waals surface area contributed by atoms with Crippen molar-refractivity contribution in [1.29, 1.82) is 0 Å². The number of rotatable bonds is 11. The van der Waals surface area contributed by atoms with E-state index >= 15 is 0 Å². The van der Waals surface area contributed by atoms with Crippen molar-refractivity contribution < 1.29 is 18.0 Å². The molecule has 3 aromatic rings. The molecular formula is C35H44ClN5O4S. The van der Waals surface area contributed by atoms with Crippen molar-refractivity contribution in [3.63, 3.8) is 0 Å². The molecule has 3 aromatic carbocycles. The van der Waals surface area contributed by atoms with E-state index in [1.165, 1.54) is 11.8 Å². The van der Waals surface area contributed by atoms with Gasteiger partial charge in [0.15, 0.2) is 0 Å². The van der Waals surface area contributed by atoms with E-state index in [-0.39, 0.29) is 24.4 Å². The van der Waals surface area contributed by atoms with Crippen LogP contribution >= 0.6 is 11.6 Å². The number of hydrogen-bond donors (Lipinski definition) is 2. The lowest BCUT2D eigenvalue weighted by Crippen LogP contribution is -2.58. The minimum Gasteiger partial charge on any atom is -0.368 e. The molecular weight excluding hydrogens is 622 g/mol. The van der Waals surface area contributed by atoms with Gasteiger partial charge in [-0.3, -0.25) is 9.59 Å². The van der Waals surface area contributed by atoms with E-state index in [1.54, 1.807) is 16.4 Å². The van der Waals surface area contributed by atoms with Gasteiger partial charge in [0, 0.05) is 62.4 Å². The monoisotopic (exact) mass is 665 g/mol. The Balaban J connectivity index is 1.28. The lowest BCUT2D eigenvalue weighted by Gasteiger charge is -2.39. The molecule has 0 aromatic heterocycles. The van der Waals surface area contributed by atoms with Crippen molar-refractivity contribution in [2.45, 2.75) is 64.3 Å². The molecule has 246 valence electrons. The Labute approximate surface area is 278 Å². The first kappa shape index (κ1) is 33.9. The van der Waals surface area contributed by atoms with Crippen LogP contribution in [0.5, 0.6) is 0 Å². The summed E-state index contributed by atoms with van der Waals surface area (Å²) in [5.41, 5.74) is 5.14. The van der Waals surface area contributed by atoms with Crippen LogP contribution in [0.3, 0.4) is 0 Å². The molecule has 3 atom stereocenters. The van der Waals surface area contributed by atoms with Crippen LogP contribution in [0.25, 0.3) is 0 Å². The SMILES string of the molecule is CCC(C)N(Cc1ccccc1N1CCN(C(=O)[C@@H](Cc2ccc(Cl)cc2)NC(=O)[C@H]2Cc3ccccc3CN2)CC1)S(C)(=O)=O. The first-order valence-electron chi connectivity index (χ1n) is 16.0. The third kappa shape index (κ3) is 8.28. The Morgan fingerprint density at radius 2 is 1.63 bits per heavy atom. The zero-order chi connectivity index (χ0) is 32.8. The molecule has 2 heterocycles. The number of carbonyl (C=O) groups is 2. The van der Waals surface area contributed by atoms with Crippen LogP contribution in [0.4, 0.5) is 5.69 Å². The third-order valence-corrected chi connectivity index (χ3v) is 10.7. The van der Waals surface area contributed by atoms with Gasteiger partial charge < -0.3 is 20.4 Å².